The standard InChI is InChI=1S/C15H28O4P/c1-4-6-12-19-15(17)20(3,14(16)18-5-2)13-10-8-7-9-11-13/h13H,4-12H2,1-3H3/q+1. The average molecular weight is 303 g/mol. The van der Waals surface area contributed by atoms with Gasteiger partial charge in [0, 0.05) is 0 Å². The highest BCUT2D eigenvalue weighted by Crippen LogP contribution is 2.66. The van der Waals surface area contributed by atoms with Crippen LogP contribution in [-0.4, -0.2) is 37.0 Å². The Morgan fingerprint density at radius 2 is 1.65 bits per heavy atom. The van der Waals surface area contributed by atoms with Gasteiger partial charge in [0.25, 0.3) is 0 Å². The van der Waals surface area contributed by atoms with Crippen molar-refractivity contribution in [3.05, 3.63) is 0 Å². The molecular formula is C15H28O4P+. The van der Waals surface area contributed by atoms with Crippen LogP contribution in [0, 0.1) is 0 Å². The summed E-state index contributed by atoms with van der Waals surface area (Å²) in [4.78, 5) is 24.8. The molecule has 0 N–H and O–H groups in total. The van der Waals surface area contributed by atoms with Gasteiger partial charge in [-0.2, -0.15) is 0 Å². The Morgan fingerprint density at radius 1 is 1.05 bits per heavy atom. The monoisotopic (exact) mass is 303 g/mol. The van der Waals surface area contributed by atoms with Crippen LogP contribution in [0.1, 0.15) is 58.8 Å². The first-order valence-corrected chi connectivity index (χ1v) is 10.1. The molecule has 0 heterocycles. The molecule has 0 radical (unpaired) electrons. The lowest BCUT2D eigenvalue weighted by Gasteiger charge is -2.28. The van der Waals surface area contributed by atoms with Gasteiger partial charge < -0.3 is 9.47 Å². The van der Waals surface area contributed by atoms with Crippen molar-refractivity contribution in [2.24, 2.45) is 0 Å². The van der Waals surface area contributed by atoms with Crippen LogP contribution in [-0.2, 0) is 9.47 Å². The van der Waals surface area contributed by atoms with Gasteiger partial charge in [0.2, 0.25) is 7.26 Å². The minimum atomic E-state index is -2.51. The highest BCUT2D eigenvalue weighted by atomic mass is 31.2. The van der Waals surface area contributed by atoms with Gasteiger partial charge in [-0.05, 0) is 39.0 Å². The zero-order valence-corrected chi connectivity index (χ0v) is 13.9. The Hall–Kier alpha value is -0.630. The SMILES string of the molecule is CCCCOC(=O)[P+](C)(C(=O)OCC)C1CCCCC1. The van der Waals surface area contributed by atoms with Gasteiger partial charge in [-0.25, -0.2) is 9.59 Å². The quantitative estimate of drug-likeness (QED) is 0.487. The van der Waals surface area contributed by atoms with Crippen molar-refractivity contribution in [3.8, 4) is 0 Å². The van der Waals surface area contributed by atoms with Crippen LogP contribution in [0.5, 0.6) is 0 Å². The van der Waals surface area contributed by atoms with Crippen molar-refractivity contribution >= 4 is 18.7 Å². The molecule has 0 spiro atoms. The average Bonchev–Trinajstić information content (AvgIpc) is 2.47. The second-order valence-electron chi connectivity index (χ2n) is 5.53. The molecule has 1 aliphatic carbocycles. The molecule has 0 aromatic carbocycles. The lowest BCUT2D eigenvalue weighted by molar-refractivity contribution is 0.166. The molecule has 20 heavy (non-hydrogen) atoms. The third-order valence-corrected chi connectivity index (χ3v) is 7.81. The van der Waals surface area contributed by atoms with E-state index in [0.717, 1.165) is 38.5 Å². The van der Waals surface area contributed by atoms with Gasteiger partial charge in [-0.1, -0.05) is 19.8 Å². The summed E-state index contributed by atoms with van der Waals surface area (Å²) in [5, 5.41) is 0. The highest BCUT2D eigenvalue weighted by molar-refractivity contribution is 8.03. The van der Waals surface area contributed by atoms with E-state index in [4.69, 9.17) is 9.47 Å². The lowest BCUT2D eigenvalue weighted by Crippen LogP contribution is -2.29. The maximum atomic E-state index is 12.5. The van der Waals surface area contributed by atoms with Crippen molar-refractivity contribution < 1.29 is 19.1 Å². The van der Waals surface area contributed by atoms with E-state index >= 15 is 0 Å². The number of unbranched alkanes of at least 4 members (excludes halogenated alkanes) is 1. The van der Waals surface area contributed by atoms with Crippen LogP contribution in [0.15, 0.2) is 0 Å². The van der Waals surface area contributed by atoms with E-state index in [9.17, 15) is 9.59 Å². The van der Waals surface area contributed by atoms with Crippen LogP contribution in [0.3, 0.4) is 0 Å². The number of rotatable bonds is 7. The fraction of sp³-hybridized carbons (Fsp3) is 0.867. The number of carbonyl (C=O) groups is 2. The molecule has 1 fully saturated rings. The van der Waals surface area contributed by atoms with Crippen molar-refractivity contribution in [2.75, 3.05) is 19.9 Å². The lowest BCUT2D eigenvalue weighted by atomic mass is 10.0. The summed E-state index contributed by atoms with van der Waals surface area (Å²) >= 11 is 0. The van der Waals surface area contributed by atoms with Gasteiger partial charge in [0.15, 0.2) is 0 Å². The molecule has 0 aromatic rings. The number of hydrogen-bond donors (Lipinski definition) is 0. The second-order valence-corrected chi connectivity index (χ2v) is 9.15. The molecule has 0 amide bonds. The summed E-state index contributed by atoms with van der Waals surface area (Å²) in [6, 6.07) is 0. The topological polar surface area (TPSA) is 52.6 Å². The first-order valence-electron chi connectivity index (χ1n) is 7.78. The Bertz CT molecular complexity index is 326. The minimum absolute atomic E-state index is 0.157. The molecule has 0 aromatic heterocycles. The van der Waals surface area contributed by atoms with Crippen molar-refractivity contribution in [2.45, 2.75) is 64.5 Å². The summed E-state index contributed by atoms with van der Waals surface area (Å²) in [6.07, 6.45) is 7.12. The summed E-state index contributed by atoms with van der Waals surface area (Å²) in [5.74, 6) is 0. The molecule has 4 nitrogen and oxygen atoms in total. The number of carbonyl (C=O) groups excluding carboxylic acids is 2. The zero-order valence-electron chi connectivity index (χ0n) is 13.0. The predicted octanol–water partition coefficient (Wildman–Crippen LogP) is 5.06. The molecule has 5 heteroatoms. The smallest absolute Gasteiger partial charge is 0.436 e. The molecule has 0 aliphatic heterocycles. The molecule has 1 saturated carbocycles. The van der Waals surface area contributed by atoms with Crippen LogP contribution >= 0.6 is 7.26 Å². The Balaban J connectivity index is 2.81. The molecule has 0 bridgehead atoms. The first-order chi connectivity index (χ1) is 9.57. The molecule has 1 atom stereocenters. The van der Waals surface area contributed by atoms with Crippen LogP contribution in [0.25, 0.3) is 0 Å². The van der Waals surface area contributed by atoms with Gasteiger partial charge in [0.05, 0.1) is 25.5 Å². The Labute approximate surface area is 122 Å². The second kappa shape index (κ2) is 8.61. The summed E-state index contributed by atoms with van der Waals surface area (Å²) in [5.41, 5.74) is -0.450. The van der Waals surface area contributed by atoms with E-state index in [2.05, 4.69) is 6.92 Å². The highest BCUT2D eigenvalue weighted by Gasteiger charge is 2.59. The zero-order chi connectivity index (χ0) is 15.0. The van der Waals surface area contributed by atoms with Crippen LogP contribution < -0.4 is 0 Å². The van der Waals surface area contributed by atoms with Gasteiger partial charge in [-0.15, -0.1) is 0 Å². The van der Waals surface area contributed by atoms with Crippen LogP contribution in [0.4, 0.5) is 9.59 Å². The van der Waals surface area contributed by atoms with E-state index in [1.165, 1.54) is 6.42 Å². The fourth-order valence-corrected chi connectivity index (χ4v) is 5.57. The third kappa shape index (κ3) is 4.18. The third-order valence-electron chi connectivity index (χ3n) is 4.05. The van der Waals surface area contributed by atoms with Crippen LogP contribution in [0.2, 0.25) is 0 Å². The van der Waals surface area contributed by atoms with Crippen molar-refractivity contribution in [1.29, 1.82) is 0 Å². The Morgan fingerprint density at radius 3 is 2.20 bits per heavy atom. The largest absolute Gasteiger partial charge is 0.463 e. The van der Waals surface area contributed by atoms with Gasteiger partial charge in [-0.3, -0.25) is 0 Å². The molecule has 1 aliphatic rings. The van der Waals surface area contributed by atoms with E-state index in [-0.39, 0.29) is 17.1 Å². The number of hydrogen-bond acceptors (Lipinski definition) is 4. The molecule has 1 unspecified atom stereocenters. The Kier molecular flexibility index (Phi) is 7.50. The number of ether oxygens (including phenoxy) is 2. The van der Waals surface area contributed by atoms with E-state index in [1.807, 2.05) is 6.66 Å². The first kappa shape index (κ1) is 17.4. The molecule has 1 rings (SSSR count). The van der Waals surface area contributed by atoms with Gasteiger partial charge >= 0.3 is 11.4 Å². The van der Waals surface area contributed by atoms with Crippen molar-refractivity contribution in [3.63, 3.8) is 0 Å². The van der Waals surface area contributed by atoms with E-state index < -0.39 is 7.26 Å². The fourth-order valence-electron chi connectivity index (χ4n) is 2.67. The summed E-state index contributed by atoms with van der Waals surface area (Å²) < 4.78 is 10.6. The predicted molar refractivity (Wildman–Crippen MR) is 83.0 cm³/mol. The van der Waals surface area contributed by atoms with Gasteiger partial charge in [0.1, 0.15) is 0 Å². The molecule has 116 valence electrons. The molecule has 0 saturated heterocycles. The molecular weight excluding hydrogens is 275 g/mol. The van der Waals surface area contributed by atoms with E-state index in [1.54, 1.807) is 6.92 Å². The summed E-state index contributed by atoms with van der Waals surface area (Å²) in [6.45, 7) is 6.38. The summed E-state index contributed by atoms with van der Waals surface area (Å²) in [7, 11) is -2.51. The maximum Gasteiger partial charge on any atom is 0.463 e. The van der Waals surface area contributed by atoms with Crippen molar-refractivity contribution in [1.82, 2.24) is 0 Å². The normalized spacial score (nSPS) is 19.1. The maximum absolute atomic E-state index is 12.5. The van der Waals surface area contributed by atoms with E-state index in [0.29, 0.717) is 13.2 Å². The minimum Gasteiger partial charge on any atom is -0.436 e.